The summed E-state index contributed by atoms with van der Waals surface area (Å²) in [6, 6.07) is 4.79. The first kappa shape index (κ1) is 13.5. The molecule has 2 nitrogen and oxygen atoms in total. The number of hydrogen-bond donors (Lipinski definition) is 1. The topological polar surface area (TPSA) is 37.3 Å². The van der Waals surface area contributed by atoms with E-state index in [9.17, 15) is 14.3 Å². The normalized spacial score (nSPS) is 23.9. The first-order valence-corrected chi connectivity index (χ1v) is 7.03. The zero-order valence-electron chi connectivity index (χ0n) is 10.0. The highest BCUT2D eigenvalue weighted by molar-refractivity contribution is 9.10. The second-order valence-electron chi connectivity index (χ2n) is 4.97. The van der Waals surface area contributed by atoms with Crippen molar-refractivity contribution in [3.8, 4) is 0 Å². The Kier molecular flexibility index (Phi) is 4.38. The van der Waals surface area contributed by atoms with E-state index in [1.165, 1.54) is 12.1 Å². The lowest BCUT2D eigenvalue weighted by molar-refractivity contribution is -0.144. The molecule has 0 radical (unpaired) electrons. The number of hydrogen-bond acceptors (Lipinski definition) is 1. The largest absolute Gasteiger partial charge is 0.481 e. The standard InChI is InChI=1S/C14H16BrFO2/c15-11-6-9(7-12(16)8-11)5-10-3-1-2-4-13(10)14(17)18/h6-8,10,13H,1-5H2,(H,17,18). The quantitative estimate of drug-likeness (QED) is 0.914. The number of carboxylic acids is 1. The van der Waals surface area contributed by atoms with Crippen molar-refractivity contribution in [1.82, 2.24) is 0 Å². The molecule has 1 aromatic rings. The number of benzene rings is 1. The molecule has 1 aliphatic rings. The molecule has 0 amide bonds. The molecule has 0 heterocycles. The molecule has 0 aliphatic heterocycles. The fraction of sp³-hybridized carbons (Fsp3) is 0.500. The molecule has 1 aromatic carbocycles. The van der Waals surface area contributed by atoms with Crippen molar-refractivity contribution in [3.63, 3.8) is 0 Å². The minimum atomic E-state index is -0.713. The molecule has 98 valence electrons. The molecule has 2 unspecified atom stereocenters. The van der Waals surface area contributed by atoms with Crippen LogP contribution in [-0.2, 0) is 11.2 Å². The maximum Gasteiger partial charge on any atom is 0.306 e. The van der Waals surface area contributed by atoms with E-state index in [2.05, 4.69) is 15.9 Å². The zero-order chi connectivity index (χ0) is 13.1. The molecule has 1 fully saturated rings. The third-order valence-corrected chi connectivity index (χ3v) is 4.10. The van der Waals surface area contributed by atoms with Crippen LogP contribution in [0.2, 0.25) is 0 Å². The van der Waals surface area contributed by atoms with Gasteiger partial charge in [0.05, 0.1) is 5.92 Å². The van der Waals surface area contributed by atoms with Gasteiger partial charge in [-0.3, -0.25) is 4.79 Å². The van der Waals surface area contributed by atoms with E-state index < -0.39 is 5.97 Å². The molecule has 4 heteroatoms. The van der Waals surface area contributed by atoms with Crippen molar-refractivity contribution in [2.24, 2.45) is 11.8 Å². The number of carboxylic acid groups (broad SMARTS) is 1. The Labute approximate surface area is 114 Å². The van der Waals surface area contributed by atoms with E-state index in [0.29, 0.717) is 10.9 Å². The minimum Gasteiger partial charge on any atom is -0.481 e. The monoisotopic (exact) mass is 314 g/mol. The van der Waals surface area contributed by atoms with Gasteiger partial charge in [0, 0.05) is 4.47 Å². The van der Waals surface area contributed by atoms with Crippen LogP contribution >= 0.6 is 15.9 Å². The second kappa shape index (κ2) is 5.83. The summed E-state index contributed by atoms with van der Waals surface area (Å²) in [5, 5.41) is 9.21. The molecule has 0 spiro atoms. The fourth-order valence-electron chi connectivity index (χ4n) is 2.81. The molecule has 1 N–H and O–H groups in total. The Hall–Kier alpha value is -0.900. The first-order chi connectivity index (χ1) is 8.56. The van der Waals surface area contributed by atoms with E-state index in [1.54, 1.807) is 0 Å². The Morgan fingerprint density at radius 1 is 1.33 bits per heavy atom. The molecular formula is C14H16BrFO2. The highest BCUT2D eigenvalue weighted by Crippen LogP contribution is 2.33. The average molecular weight is 315 g/mol. The van der Waals surface area contributed by atoms with Crippen LogP contribution in [0, 0.1) is 17.7 Å². The lowest BCUT2D eigenvalue weighted by atomic mass is 9.76. The number of halogens is 2. The van der Waals surface area contributed by atoms with Gasteiger partial charge in [-0.15, -0.1) is 0 Å². The van der Waals surface area contributed by atoms with Gasteiger partial charge in [0.15, 0.2) is 0 Å². The van der Waals surface area contributed by atoms with Crippen LogP contribution in [0.25, 0.3) is 0 Å². The third-order valence-electron chi connectivity index (χ3n) is 3.65. The smallest absolute Gasteiger partial charge is 0.306 e. The minimum absolute atomic E-state index is 0.130. The number of aliphatic carboxylic acids is 1. The number of rotatable bonds is 3. The van der Waals surface area contributed by atoms with Crippen LogP contribution in [0.4, 0.5) is 4.39 Å². The van der Waals surface area contributed by atoms with Gasteiger partial charge < -0.3 is 5.11 Å². The van der Waals surface area contributed by atoms with Crippen molar-refractivity contribution >= 4 is 21.9 Å². The van der Waals surface area contributed by atoms with E-state index in [-0.39, 0.29) is 17.7 Å². The van der Waals surface area contributed by atoms with Gasteiger partial charge in [0.2, 0.25) is 0 Å². The van der Waals surface area contributed by atoms with Crippen molar-refractivity contribution in [3.05, 3.63) is 34.1 Å². The summed E-state index contributed by atoms with van der Waals surface area (Å²) in [4.78, 5) is 11.2. The summed E-state index contributed by atoms with van der Waals surface area (Å²) >= 11 is 3.27. The summed E-state index contributed by atoms with van der Waals surface area (Å²) in [6.45, 7) is 0. The van der Waals surface area contributed by atoms with Crippen molar-refractivity contribution in [1.29, 1.82) is 0 Å². The lowest BCUT2D eigenvalue weighted by Gasteiger charge is -2.28. The molecule has 0 saturated heterocycles. The summed E-state index contributed by atoms with van der Waals surface area (Å²) < 4.78 is 14.0. The van der Waals surface area contributed by atoms with Gasteiger partial charge in [0.25, 0.3) is 0 Å². The molecular weight excluding hydrogens is 299 g/mol. The van der Waals surface area contributed by atoms with Gasteiger partial charge in [-0.25, -0.2) is 4.39 Å². The molecule has 2 atom stereocenters. The van der Waals surface area contributed by atoms with Crippen LogP contribution in [0.15, 0.2) is 22.7 Å². The van der Waals surface area contributed by atoms with Crippen LogP contribution in [0.5, 0.6) is 0 Å². The molecule has 18 heavy (non-hydrogen) atoms. The first-order valence-electron chi connectivity index (χ1n) is 6.24. The van der Waals surface area contributed by atoms with Crippen molar-refractivity contribution < 1.29 is 14.3 Å². The van der Waals surface area contributed by atoms with Crippen molar-refractivity contribution in [2.75, 3.05) is 0 Å². The average Bonchev–Trinajstić information content (AvgIpc) is 2.27. The maximum atomic E-state index is 13.3. The van der Waals surface area contributed by atoms with Gasteiger partial charge >= 0.3 is 5.97 Å². The maximum absolute atomic E-state index is 13.3. The molecule has 0 bridgehead atoms. The van der Waals surface area contributed by atoms with E-state index >= 15 is 0 Å². The summed E-state index contributed by atoms with van der Waals surface area (Å²) in [5.41, 5.74) is 0.875. The van der Waals surface area contributed by atoms with E-state index in [4.69, 9.17) is 0 Å². The van der Waals surface area contributed by atoms with Crippen LogP contribution < -0.4 is 0 Å². The van der Waals surface area contributed by atoms with Gasteiger partial charge in [-0.1, -0.05) is 28.8 Å². The van der Waals surface area contributed by atoms with Crippen LogP contribution in [0.3, 0.4) is 0 Å². The Bertz CT molecular complexity index is 427. The van der Waals surface area contributed by atoms with Gasteiger partial charge in [0.1, 0.15) is 5.82 Å². The van der Waals surface area contributed by atoms with E-state index in [0.717, 1.165) is 31.2 Å². The summed E-state index contributed by atoms with van der Waals surface area (Å²) in [5.74, 6) is -1.14. The van der Waals surface area contributed by atoms with Gasteiger partial charge in [-0.2, -0.15) is 0 Å². The Morgan fingerprint density at radius 3 is 2.72 bits per heavy atom. The van der Waals surface area contributed by atoms with E-state index in [1.807, 2.05) is 6.07 Å². The molecule has 1 aliphatic carbocycles. The lowest BCUT2D eigenvalue weighted by Crippen LogP contribution is -2.28. The highest BCUT2D eigenvalue weighted by Gasteiger charge is 2.30. The fourth-order valence-corrected chi connectivity index (χ4v) is 3.32. The Balaban J connectivity index is 2.13. The SMILES string of the molecule is O=C(O)C1CCCCC1Cc1cc(F)cc(Br)c1. The molecule has 0 aromatic heterocycles. The van der Waals surface area contributed by atoms with Crippen LogP contribution in [-0.4, -0.2) is 11.1 Å². The predicted octanol–water partition coefficient (Wildman–Crippen LogP) is 4.02. The number of carbonyl (C=O) groups is 1. The zero-order valence-corrected chi connectivity index (χ0v) is 11.6. The highest BCUT2D eigenvalue weighted by atomic mass is 79.9. The van der Waals surface area contributed by atoms with Gasteiger partial charge in [-0.05, 0) is 48.9 Å². The molecule has 2 rings (SSSR count). The Morgan fingerprint density at radius 2 is 2.06 bits per heavy atom. The third kappa shape index (κ3) is 3.31. The summed E-state index contributed by atoms with van der Waals surface area (Å²) in [6.07, 6.45) is 4.38. The predicted molar refractivity (Wildman–Crippen MR) is 70.9 cm³/mol. The second-order valence-corrected chi connectivity index (χ2v) is 5.89. The molecule has 1 saturated carbocycles. The summed E-state index contributed by atoms with van der Waals surface area (Å²) in [7, 11) is 0. The van der Waals surface area contributed by atoms with Crippen molar-refractivity contribution in [2.45, 2.75) is 32.1 Å². The van der Waals surface area contributed by atoms with Crippen LogP contribution in [0.1, 0.15) is 31.2 Å².